The molecular weight excluding hydrogens is 409 g/mol. The summed E-state index contributed by atoms with van der Waals surface area (Å²) in [7, 11) is 0. The molecule has 0 amide bonds. The maximum absolute atomic E-state index is 6.01. The van der Waals surface area contributed by atoms with Crippen molar-refractivity contribution in [3.8, 4) is 0 Å². The van der Waals surface area contributed by atoms with Crippen molar-refractivity contribution in [1.82, 2.24) is 0 Å². The van der Waals surface area contributed by atoms with Gasteiger partial charge >= 0.3 is 0 Å². The molecule has 0 saturated carbocycles. The van der Waals surface area contributed by atoms with Crippen LogP contribution in [-0.2, 0) is 0 Å². The fourth-order valence-corrected chi connectivity index (χ4v) is 2.77. The summed E-state index contributed by atoms with van der Waals surface area (Å²) in [6, 6.07) is 0. The van der Waals surface area contributed by atoms with E-state index in [9.17, 15) is 0 Å². The molecule has 0 aliphatic carbocycles. The molecular formula is C10H17ClI2. The normalized spacial score (nSPS) is 15.8. The third-order valence-electron chi connectivity index (χ3n) is 2.10. The molecule has 0 rings (SSSR count). The lowest BCUT2D eigenvalue weighted by atomic mass is 9.91. The third-order valence-corrected chi connectivity index (χ3v) is 3.30. The molecule has 0 aromatic carbocycles. The summed E-state index contributed by atoms with van der Waals surface area (Å²) in [6.07, 6.45) is 3.34. The molecule has 0 saturated heterocycles. The van der Waals surface area contributed by atoms with E-state index in [1.54, 1.807) is 0 Å². The van der Waals surface area contributed by atoms with Gasteiger partial charge in [-0.25, -0.2) is 0 Å². The van der Waals surface area contributed by atoms with Crippen LogP contribution in [0.3, 0.4) is 0 Å². The van der Waals surface area contributed by atoms with Crippen molar-refractivity contribution in [3.05, 3.63) is 12.2 Å². The van der Waals surface area contributed by atoms with Gasteiger partial charge in [-0.05, 0) is 32.1 Å². The molecule has 0 spiro atoms. The van der Waals surface area contributed by atoms with Crippen LogP contribution in [0.2, 0.25) is 0 Å². The fourth-order valence-electron chi connectivity index (χ4n) is 1.33. The maximum Gasteiger partial charge on any atom is 0.0632 e. The Morgan fingerprint density at radius 2 is 1.92 bits per heavy atom. The summed E-state index contributed by atoms with van der Waals surface area (Å²) in [5, 5.41) is 0.264. The van der Waals surface area contributed by atoms with Gasteiger partial charge in [0.1, 0.15) is 0 Å². The van der Waals surface area contributed by atoms with Gasteiger partial charge in [-0.2, -0.15) is 0 Å². The van der Waals surface area contributed by atoms with Gasteiger partial charge in [0.25, 0.3) is 0 Å². The molecule has 13 heavy (non-hydrogen) atoms. The number of hydrogen-bond donors (Lipinski definition) is 0. The van der Waals surface area contributed by atoms with Crippen LogP contribution in [0.15, 0.2) is 12.2 Å². The maximum atomic E-state index is 6.01. The first-order valence-electron chi connectivity index (χ1n) is 4.57. The molecule has 0 nitrogen and oxygen atoms in total. The van der Waals surface area contributed by atoms with Crippen LogP contribution in [0.1, 0.15) is 33.1 Å². The van der Waals surface area contributed by atoms with Crippen molar-refractivity contribution in [2.45, 2.75) is 40.4 Å². The van der Waals surface area contributed by atoms with E-state index in [-0.39, 0.29) is 5.38 Å². The molecule has 78 valence electrons. The third kappa shape index (κ3) is 7.42. The number of allylic oxidation sites excluding steroid dienone is 1. The van der Waals surface area contributed by atoms with Crippen LogP contribution in [0.4, 0.5) is 0 Å². The van der Waals surface area contributed by atoms with E-state index in [2.05, 4.69) is 65.6 Å². The smallest absolute Gasteiger partial charge is 0.0632 e. The molecule has 0 aromatic heterocycles. The van der Waals surface area contributed by atoms with Crippen molar-refractivity contribution in [2.75, 3.05) is 0 Å². The van der Waals surface area contributed by atoms with E-state index < -0.39 is 0 Å². The second-order valence-electron chi connectivity index (χ2n) is 3.35. The van der Waals surface area contributed by atoms with E-state index in [0.29, 0.717) is 7.85 Å². The summed E-state index contributed by atoms with van der Waals surface area (Å²) < 4.78 is 0.680. The zero-order valence-electron chi connectivity index (χ0n) is 8.19. The zero-order chi connectivity index (χ0) is 10.4. The number of hydrogen-bond acceptors (Lipinski definition) is 0. The predicted octanol–water partition coefficient (Wildman–Crippen LogP) is 5.17. The van der Waals surface area contributed by atoms with Crippen molar-refractivity contribution < 1.29 is 0 Å². The Labute approximate surface area is 114 Å². The molecule has 2 atom stereocenters. The van der Waals surface area contributed by atoms with Crippen molar-refractivity contribution >= 4 is 56.8 Å². The van der Waals surface area contributed by atoms with Gasteiger partial charge in [0.2, 0.25) is 0 Å². The fraction of sp³-hybridized carbons (Fsp3) is 0.800. The Kier molecular flexibility index (Phi) is 8.63. The highest BCUT2D eigenvalue weighted by Gasteiger charge is 2.16. The van der Waals surface area contributed by atoms with E-state index in [0.717, 1.165) is 12.8 Å². The second-order valence-corrected chi connectivity index (χ2v) is 9.49. The Balaban J connectivity index is 4.10. The van der Waals surface area contributed by atoms with Crippen molar-refractivity contribution in [2.24, 2.45) is 5.92 Å². The standard InChI is InChI=1S/C10H17ClI2/c1-4-7(2)9(5-8(3)11)6-10(12)13/h8-10H,2,4-6H2,1,3H3. The van der Waals surface area contributed by atoms with Gasteiger partial charge in [-0.15, -0.1) is 11.6 Å². The predicted molar refractivity (Wildman–Crippen MR) is 79.3 cm³/mol. The minimum Gasteiger partial charge on any atom is -0.123 e. The van der Waals surface area contributed by atoms with Gasteiger partial charge in [0.15, 0.2) is 0 Å². The van der Waals surface area contributed by atoms with Crippen molar-refractivity contribution in [1.29, 1.82) is 0 Å². The first kappa shape index (κ1) is 14.5. The van der Waals surface area contributed by atoms with Gasteiger partial charge in [-0.3, -0.25) is 0 Å². The molecule has 0 aromatic rings. The SMILES string of the molecule is C=C(CC)C(CC(C)Cl)CC(I)I. The molecule has 0 heterocycles. The minimum absolute atomic E-state index is 0.264. The monoisotopic (exact) mass is 426 g/mol. The molecule has 2 unspecified atom stereocenters. The van der Waals surface area contributed by atoms with Crippen LogP contribution in [-0.4, -0.2) is 7.31 Å². The Morgan fingerprint density at radius 3 is 2.23 bits per heavy atom. The van der Waals surface area contributed by atoms with Crippen LogP contribution >= 0.6 is 56.8 Å². The van der Waals surface area contributed by atoms with Crippen molar-refractivity contribution in [3.63, 3.8) is 0 Å². The highest BCUT2D eigenvalue weighted by atomic mass is 127. The lowest BCUT2D eigenvalue weighted by molar-refractivity contribution is 0.530. The molecule has 0 aliphatic heterocycles. The molecule has 0 aliphatic rings. The second kappa shape index (κ2) is 7.74. The Hall–Kier alpha value is 1.49. The van der Waals surface area contributed by atoms with Gasteiger partial charge in [0, 0.05) is 5.38 Å². The van der Waals surface area contributed by atoms with Gasteiger partial charge in [0.05, 0.1) is 1.93 Å². The molecule has 0 bridgehead atoms. The molecule has 0 radical (unpaired) electrons. The molecule has 3 heteroatoms. The number of alkyl halides is 3. The van der Waals surface area contributed by atoms with Crippen LogP contribution in [0.5, 0.6) is 0 Å². The summed E-state index contributed by atoms with van der Waals surface area (Å²) in [5.74, 6) is 0.608. The largest absolute Gasteiger partial charge is 0.123 e. The highest BCUT2D eigenvalue weighted by molar-refractivity contribution is 14.2. The summed E-state index contributed by atoms with van der Waals surface area (Å²) in [4.78, 5) is 0. The van der Waals surface area contributed by atoms with E-state index in [4.69, 9.17) is 11.6 Å². The van der Waals surface area contributed by atoms with Crippen LogP contribution in [0, 0.1) is 5.92 Å². The van der Waals surface area contributed by atoms with Gasteiger partial charge < -0.3 is 0 Å². The lowest BCUT2D eigenvalue weighted by Gasteiger charge is -2.20. The topological polar surface area (TPSA) is 0 Å². The molecule has 0 N–H and O–H groups in total. The zero-order valence-corrected chi connectivity index (χ0v) is 13.3. The first-order valence-corrected chi connectivity index (χ1v) is 7.50. The van der Waals surface area contributed by atoms with Crippen LogP contribution < -0.4 is 0 Å². The summed E-state index contributed by atoms with van der Waals surface area (Å²) in [6.45, 7) is 8.35. The van der Waals surface area contributed by atoms with E-state index in [1.807, 2.05) is 0 Å². The number of halogens is 3. The summed E-state index contributed by atoms with van der Waals surface area (Å²) in [5.41, 5.74) is 1.35. The summed E-state index contributed by atoms with van der Waals surface area (Å²) >= 11 is 10.9. The first-order chi connectivity index (χ1) is 5.97. The quantitative estimate of drug-likeness (QED) is 0.312. The number of rotatable bonds is 6. The van der Waals surface area contributed by atoms with E-state index >= 15 is 0 Å². The Morgan fingerprint density at radius 1 is 1.38 bits per heavy atom. The lowest BCUT2D eigenvalue weighted by Crippen LogP contribution is -2.11. The Bertz CT molecular complexity index is 145. The van der Waals surface area contributed by atoms with E-state index in [1.165, 1.54) is 12.0 Å². The molecule has 0 fully saturated rings. The van der Waals surface area contributed by atoms with Gasteiger partial charge in [-0.1, -0.05) is 64.3 Å². The van der Waals surface area contributed by atoms with Crippen LogP contribution in [0.25, 0.3) is 0 Å². The highest BCUT2D eigenvalue weighted by Crippen LogP contribution is 2.30. The average Bonchev–Trinajstić information content (AvgIpc) is 2.00. The minimum atomic E-state index is 0.264. The average molecular weight is 427 g/mol.